The van der Waals surface area contributed by atoms with E-state index in [2.05, 4.69) is 0 Å². The van der Waals surface area contributed by atoms with Crippen LogP contribution in [-0.2, 0) is 9.59 Å². The summed E-state index contributed by atoms with van der Waals surface area (Å²) >= 11 is 5.74. The van der Waals surface area contributed by atoms with Gasteiger partial charge in [-0.25, -0.2) is 4.39 Å². The van der Waals surface area contributed by atoms with Gasteiger partial charge in [-0.2, -0.15) is 0 Å². The van der Waals surface area contributed by atoms with Gasteiger partial charge in [-0.15, -0.1) is 0 Å². The van der Waals surface area contributed by atoms with Crippen molar-refractivity contribution >= 4 is 29.4 Å². The number of amides is 1. The minimum atomic E-state index is -1.48. The van der Waals surface area contributed by atoms with Gasteiger partial charge >= 0.3 is 11.9 Å². The Morgan fingerprint density at radius 2 is 1.68 bits per heavy atom. The molecule has 0 bridgehead atoms. The third-order valence-electron chi connectivity index (χ3n) is 4.58. The van der Waals surface area contributed by atoms with E-state index in [1.807, 2.05) is 0 Å². The Morgan fingerprint density at radius 3 is 2.18 bits per heavy atom. The number of hydrogen-bond donors (Lipinski definition) is 2. The van der Waals surface area contributed by atoms with Gasteiger partial charge in [0.15, 0.2) is 0 Å². The largest absolute Gasteiger partial charge is 0.481 e. The summed E-state index contributed by atoms with van der Waals surface area (Å²) in [7, 11) is 0. The second-order valence-corrected chi connectivity index (χ2v) is 6.17. The lowest BCUT2D eigenvalue weighted by Gasteiger charge is -2.20. The lowest BCUT2D eigenvalue weighted by Crippen LogP contribution is -2.35. The molecule has 0 aromatic heterocycles. The molecule has 6 nitrogen and oxygen atoms in total. The second-order valence-electron chi connectivity index (χ2n) is 5.74. The fraction of sp³-hybridized carbons (Fsp3) is 0.357. The van der Waals surface area contributed by atoms with Crippen molar-refractivity contribution in [3.05, 3.63) is 34.6 Å². The molecule has 1 heterocycles. The van der Waals surface area contributed by atoms with Crippen molar-refractivity contribution in [2.24, 2.45) is 10.8 Å². The van der Waals surface area contributed by atoms with Crippen molar-refractivity contribution in [1.29, 1.82) is 0 Å². The van der Waals surface area contributed by atoms with E-state index in [4.69, 9.17) is 11.6 Å². The molecule has 1 aromatic rings. The maximum atomic E-state index is 13.8. The van der Waals surface area contributed by atoms with Crippen LogP contribution in [0.2, 0.25) is 5.02 Å². The molecular formula is C14H11ClFNO5. The van der Waals surface area contributed by atoms with Crippen LogP contribution in [0.3, 0.4) is 0 Å². The minimum Gasteiger partial charge on any atom is -0.481 e. The van der Waals surface area contributed by atoms with E-state index in [0.717, 1.165) is 17.0 Å². The van der Waals surface area contributed by atoms with Crippen LogP contribution in [-0.4, -0.2) is 46.0 Å². The molecule has 0 spiro atoms. The predicted octanol–water partition coefficient (Wildman–Crippen LogP) is 1.48. The number of rotatable bonds is 3. The average Bonchev–Trinajstić information content (AvgIpc) is 3.00. The topological polar surface area (TPSA) is 94.9 Å². The molecule has 2 aliphatic rings. The van der Waals surface area contributed by atoms with Crippen molar-refractivity contribution in [1.82, 2.24) is 4.90 Å². The third kappa shape index (κ3) is 1.75. The molecule has 3 rings (SSSR count). The van der Waals surface area contributed by atoms with Crippen molar-refractivity contribution in [3.8, 4) is 0 Å². The first-order chi connectivity index (χ1) is 10.2. The van der Waals surface area contributed by atoms with Crippen LogP contribution in [0.25, 0.3) is 0 Å². The molecule has 0 unspecified atom stereocenters. The molecule has 1 saturated heterocycles. The molecule has 2 atom stereocenters. The molecule has 1 saturated carbocycles. The number of hydrogen-bond acceptors (Lipinski definition) is 3. The zero-order chi connectivity index (χ0) is 16.3. The monoisotopic (exact) mass is 327 g/mol. The van der Waals surface area contributed by atoms with Gasteiger partial charge in [0.1, 0.15) is 16.6 Å². The second kappa shape index (κ2) is 4.42. The van der Waals surface area contributed by atoms with E-state index >= 15 is 0 Å². The van der Waals surface area contributed by atoms with Gasteiger partial charge < -0.3 is 15.1 Å². The molecule has 8 heteroatoms. The number of carbonyl (C=O) groups is 3. The fourth-order valence-electron chi connectivity index (χ4n) is 3.26. The first-order valence-corrected chi connectivity index (χ1v) is 6.82. The van der Waals surface area contributed by atoms with E-state index in [9.17, 15) is 29.0 Å². The number of halogens is 2. The van der Waals surface area contributed by atoms with Gasteiger partial charge in [0, 0.05) is 18.1 Å². The Balaban J connectivity index is 1.92. The molecule has 22 heavy (non-hydrogen) atoms. The molecule has 1 aliphatic heterocycles. The number of aliphatic carboxylic acids is 2. The molecule has 1 aliphatic carbocycles. The van der Waals surface area contributed by atoms with E-state index in [-0.39, 0.29) is 30.1 Å². The summed E-state index contributed by atoms with van der Waals surface area (Å²) in [6.07, 6.45) is -0.0214. The molecule has 1 aromatic carbocycles. The Hall–Kier alpha value is -2.15. The third-order valence-corrected chi connectivity index (χ3v) is 4.82. The van der Waals surface area contributed by atoms with Crippen LogP contribution in [0.4, 0.5) is 4.39 Å². The van der Waals surface area contributed by atoms with Gasteiger partial charge in [-0.05, 0) is 24.6 Å². The fourth-order valence-corrected chi connectivity index (χ4v) is 3.44. The molecule has 2 fully saturated rings. The summed E-state index contributed by atoms with van der Waals surface area (Å²) in [4.78, 5) is 36.2. The number of likely N-dealkylation sites (tertiary alicyclic amines) is 1. The number of nitrogens with zero attached hydrogens (tertiary/aromatic N) is 1. The van der Waals surface area contributed by atoms with Crippen molar-refractivity contribution in [3.63, 3.8) is 0 Å². The number of piperidine rings is 1. The lowest BCUT2D eigenvalue weighted by atomic mass is 9.97. The zero-order valence-electron chi connectivity index (χ0n) is 11.2. The molecule has 0 radical (unpaired) electrons. The smallest absolute Gasteiger partial charge is 0.312 e. The number of carboxylic acids is 2. The maximum Gasteiger partial charge on any atom is 0.312 e. The first-order valence-electron chi connectivity index (χ1n) is 6.45. The Bertz CT molecular complexity index is 695. The van der Waals surface area contributed by atoms with Crippen LogP contribution < -0.4 is 0 Å². The number of carbonyl (C=O) groups excluding carboxylic acids is 1. The van der Waals surface area contributed by atoms with Crippen molar-refractivity contribution in [2.75, 3.05) is 13.1 Å². The summed E-state index contributed by atoms with van der Waals surface area (Å²) in [6.45, 7) is -0.501. The predicted molar refractivity (Wildman–Crippen MR) is 72.1 cm³/mol. The van der Waals surface area contributed by atoms with E-state index in [1.54, 1.807) is 0 Å². The highest BCUT2D eigenvalue weighted by Crippen LogP contribution is 2.68. The summed E-state index contributed by atoms with van der Waals surface area (Å²) in [6, 6.07) is 3.46. The summed E-state index contributed by atoms with van der Waals surface area (Å²) in [5.74, 6) is -4.05. The summed E-state index contributed by atoms with van der Waals surface area (Å²) < 4.78 is 13.8. The molecule has 2 N–H and O–H groups in total. The van der Waals surface area contributed by atoms with Crippen LogP contribution in [0.15, 0.2) is 18.2 Å². The van der Waals surface area contributed by atoms with Crippen LogP contribution in [0.1, 0.15) is 16.8 Å². The molecule has 116 valence electrons. The number of fused-ring (bicyclic) bond motifs is 1. The van der Waals surface area contributed by atoms with Gasteiger partial charge in [0.05, 0.1) is 5.56 Å². The van der Waals surface area contributed by atoms with E-state index < -0.39 is 34.5 Å². The van der Waals surface area contributed by atoms with Crippen LogP contribution in [0, 0.1) is 16.6 Å². The highest BCUT2D eigenvalue weighted by atomic mass is 35.5. The van der Waals surface area contributed by atoms with Gasteiger partial charge in [-0.1, -0.05) is 11.6 Å². The Labute approximate surface area is 129 Å². The number of carboxylic acid groups (broad SMARTS) is 2. The summed E-state index contributed by atoms with van der Waals surface area (Å²) in [5.41, 5.74) is -3.26. The SMILES string of the molecule is O=C(c1cc(Cl)ccc1F)N1C[C@@]2(C(=O)O)C[C@@]2(C(=O)O)C1. The maximum absolute atomic E-state index is 13.8. The highest BCUT2D eigenvalue weighted by molar-refractivity contribution is 6.31. The van der Waals surface area contributed by atoms with Gasteiger partial charge in [0.2, 0.25) is 0 Å². The first kappa shape index (κ1) is 14.8. The summed E-state index contributed by atoms with van der Waals surface area (Å²) in [5, 5.41) is 18.8. The Kier molecular flexibility index (Phi) is 2.97. The standard InChI is InChI=1S/C14H11ClFNO5/c15-7-1-2-9(16)8(3-7)10(18)17-5-13(11(19)20)4-14(13,6-17)12(21)22/h1-3H,4-6H2,(H,19,20)(H,21,22)/t13-,14+. The zero-order valence-corrected chi connectivity index (χ0v) is 11.9. The van der Waals surface area contributed by atoms with Crippen molar-refractivity contribution < 1.29 is 29.0 Å². The quantitative estimate of drug-likeness (QED) is 0.877. The van der Waals surface area contributed by atoms with Gasteiger partial charge in [0.25, 0.3) is 5.91 Å². The van der Waals surface area contributed by atoms with E-state index in [1.165, 1.54) is 6.07 Å². The molecular weight excluding hydrogens is 317 g/mol. The highest BCUT2D eigenvalue weighted by Gasteiger charge is 2.81. The van der Waals surface area contributed by atoms with Crippen molar-refractivity contribution in [2.45, 2.75) is 6.42 Å². The van der Waals surface area contributed by atoms with Crippen LogP contribution in [0.5, 0.6) is 0 Å². The normalized spacial score (nSPS) is 29.1. The average molecular weight is 328 g/mol. The minimum absolute atomic E-state index is 0.0214. The lowest BCUT2D eigenvalue weighted by molar-refractivity contribution is -0.151. The van der Waals surface area contributed by atoms with Crippen LogP contribution >= 0.6 is 11.6 Å². The Morgan fingerprint density at radius 1 is 1.14 bits per heavy atom. The number of benzene rings is 1. The van der Waals surface area contributed by atoms with Gasteiger partial charge in [-0.3, -0.25) is 14.4 Å². The van der Waals surface area contributed by atoms with E-state index in [0.29, 0.717) is 0 Å². The molecule has 1 amide bonds.